The smallest absolute Gasteiger partial charge is 0.103 e. The monoisotopic (exact) mass is 422 g/mol. The first-order valence-electron chi connectivity index (χ1n) is 10.5. The number of fused-ring (bicyclic) bond motifs is 1. The van der Waals surface area contributed by atoms with Crippen molar-refractivity contribution in [3.05, 3.63) is 82.6 Å². The topological polar surface area (TPSA) is 80.6 Å². The average molecular weight is 423 g/mol. The number of pyridine rings is 2. The minimum absolute atomic E-state index is 0.498. The van der Waals surface area contributed by atoms with Crippen LogP contribution in [0.15, 0.2) is 48.9 Å². The van der Waals surface area contributed by atoms with Crippen LogP contribution in [0.2, 0.25) is 0 Å². The molecule has 0 saturated heterocycles. The first-order chi connectivity index (χ1) is 15.5. The van der Waals surface area contributed by atoms with Crippen molar-refractivity contribution in [2.75, 3.05) is 19.4 Å². The number of hydrogen-bond acceptors (Lipinski definition) is 5. The molecule has 0 aliphatic heterocycles. The molecule has 3 heterocycles. The summed E-state index contributed by atoms with van der Waals surface area (Å²) in [6.07, 6.45) is 9.38. The van der Waals surface area contributed by atoms with Crippen molar-refractivity contribution >= 4 is 34.4 Å². The zero-order valence-corrected chi connectivity index (χ0v) is 18.8. The number of benzene rings is 1. The van der Waals surface area contributed by atoms with Crippen LogP contribution >= 0.6 is 0 Å². The highest BCUT2D eigenvalue weighted by atomic mass is 15.0. The van der Waals surface area contributed by atoms with Crippen LogP contribution in [0.5, 0.6) is 0 Å². The predicted molar refractivity (Wildman–Crippen MR) is 131 cm³/mol. The summed E-state index contributed by atoms with van der Waals surface area (Å²) in [6.45, 7) is 4.87. The number of nitrogens with zero attached hydrogens (tertiary/aromatic N) is 4. The second-order valence-electron chi connectivity index (χ2n) is 8.12. The van der Waals surface area contributed by atoms with E-state index in [4.69, 9.17) is 0 Å². The fraction of sp³-hybridized carbons (Fsp3) is 0.192. The molecule has 0 aliphatic carbocycles. The van der Waals surface area contributed by atoms with Crippen molar-refractivity contribution in [3.63, 3.8) is 0 Å². The number of rotatable bonds is 6. The molecule has 2 N–H and O–H groups in total. The van der Waals surface area contributed by atoms with E-state index in [1.165, 1.54) is 0 Å². The summed E-state index contributed by atoms with van der Waals surface area (Å²) in [7, 11) is 4.08. The third-order valence-corrected chi connectivity index (χ3v) is 5.47. The van der Waals surface area contributed by atoms with E-state index in [2.05, 4.69) is 50.3 Å². The molecule has 0 fully saturated rings. The molecule has 3 aromatic heterocycles. The molecule has 6 nitrogen and oxygen atoms in total. The van der Waals surface area contributed by atoms with Gasteiger partial charge >= 0.3 is 0 Å². The van der Waals surface area contributed by atoms with Crippen molar-refractivity contribution in [2.45, 2.75) is 20.4 Å². The Kier molecular flexibility index (Phi) is 6.02. The van der Waals surface area contributed by atoms with Gasteiger partial charge in [-0.2, -0.15) is 5.26 Å². The van der Waals surface area contributed by atoms with Gasteiger partial charge in [0.2, 0.25) is 0 Å². The Morgan fingerprint density at radius 3 is 2.62 bits per heavy atom. The molecule has 4 aromatic rings. The third kappa shape index (κ3) is 4.39. The molecule has 160 valence electrons. The number of aromatic amines is 1. The minimum atomic E-state index is 0.498. The molecule has 0 amide bonds. The molecule has 1 aromatic carbocycles. The highest BCUT2D eigenvalue weighted by Crippen LogP contribution is 2.32. The Hall–Kier alpha value is -3.95. The zero-order chi connectivity index (χ0) is 22.7. The molecule has 6 heteroatoms. The maximum atomic E-state index is 9.73. The van der Waals surface area contributed by atoms with Gasteiger partial charge in [0.25, 0.3) is 0 Å². The largest absolute Gasteiger partial charge is 0.361 e. The predicted octanol–water partition coefficient (Wildman–Crippen LogP) is 5.42. The van der Waals surface area contributed by atoms with Gasteiger partial charge in [-0.15, -0.1) is 0 Å². The van der Waals surface area contributed by atoms with Crippen LogP contribution in [-0.2, 0) is 6.54 Å². The fourth-order valence-corrected chi connectivity index (χ4v) is 3.76. The van der Waals surface area contributed by atoms with Gasteiger partial charge in [0, 0.05) is 53.0 Å². The maximum absolute atomic E-state index is 9.73. The highest BCUT2D eigenvalue weighted by molar-refractivity contribution is 5.90. The summed E-state index contributed by atoms with van der Waals surface area (Å²) in [5.74, 6) is 0. The van der Waals surface area contributed by atoms with Crippen LogP contribution < -0.4 is 5.32 Å². The Morgan fingerprint density at radius 2 is 1.91 bits per heavy atom. The second-order valence-corrected chi connectivity index (χ2v) is 8.12. The van der Waals surface area contributed by atoms with E-state index in [-0.39, 0.29) is 0 Å². The van der Waals surface area contributed by atoms with Crippen LogP contribution in [0.1, 0.15) is 33.6 Å². The van der Waals surface area contributed by atoms with Gasteiger partial charge in [0.15, 0.2) is 0 Å². The standard InChI is InChI=1S/C26H26N6/c1-17-22-11-12-28-25(22)10-9-24(17)31-26-20(13-27)15-29-18(2)23(26)8-7-21-6-5-19(14-30-21)16-32(3)4/h5-12,14-15,28H,16H2,1-4H3,(H,29,31)/b8-7+. The van der Waals surface area contributed by atoms with Crippen LogP contribution in [0, 0.1) is 25.2 Å². The van der Waals surface area contributed by atoms with E-state index in [9.17, 15) is 5.26 Å². The SMILES string of the molecule is Cc1ncc(C#N)c(Nc2ccc3[nH]ccc3c2C)c1/C=C/c1ccc(CN(C)C)cn1. The Bertz CT molecular complexity index is 1320. The molecular weight excluding hydrogens is 396 g/mol. The molecule has 0 aliphatic rings. The van der Waals surface area contributed by atoms with Crippen molar-refractivity contribution < 1.29 is 0 Å². The van der Waals surface area contributed by atoms with Gasteiger partial charge in [-0.3, -0.25) is 9.97 Å². The van der Waals surface area contributed by atoms with Gasteiger partial charge in [-0.05, 0) is 75.5 Å². The van der Waals surface area contributed by atoms with Gasteiger partial charge in [-0.1, -0.05) is 6.07 Å². The Balaban J connectivity index is 1.70. The summed E-state index contributed by atoms with van der Waals surface area (Å²) in [5, 5.41) is 14.4. The number of nitrogens with one attached hydrogen (secondary N) is 2. The molecule has 0 saturated carbocycles. The van der Waals surface area contributed by atoms with E-state index >= 15 is 0 Å². The molecule has 0 unspecified atom stereocenters. The van der Waals surface area contributed by atoms with E-state index in [0.717, 1.165) is 56.9 Å². The van der Waals surface area contributed by atoms with E-state index in [1.807, 2.05) is 63.8 Å². The first-order valence-corrected chi connectivity index (χ1v) is 10.5. The van der Waals surface area contributed by atoms with Gasteiger partial charge in [0.1, 0.15) is 6.07 Å². The number of nitriles is 1. The van der Waals surface area contributed by atoms with Crippen LogP contribution in [-0.4, -0.2) is 33.9 Å². The van der Waals surface area contributed by atoms with E-state index < -0.39 is 0 Å². The molecule has 0 spiro atoms. The van der Waals surface area contributed by atoms with Crippen LogP contribution in [0.4, 0.5) is 11.4 Å². The number of anilines is 2. The average Bonchev–Trinajstić information content (AvgIpc) is 3.26. The number of H-pyrrole nitrogens is 1. The molecule has 0 atom stereocenters. The minimum Gasteiger partial charge on any atom is -0.361 e. The van der Waals surface area contributed by atoms with Crippen molar-refractivity contribution in [1.82, 2.24) is 19.9 Å². The fourth-order valence-electron chi connectivity index (χ4n) is 3.76. The van der Waals surface area contributed by atoms with Crippen molar-refractivity contribution in [1.29, 1.82) is 5.26 Å². The van der Waals surface area contributed by atoms with Gasteiger partial charge < -0.3 is 15.2 Å². The van der Waals surface area contributed by atoms with Crippen molar-refractivity contribution in [3.8, 4) is 6.07 Å². The molecular formula is C26H26N6. The number of hydrogen-bond donors (Lipinski definition) is 2. The first kappa shape index (κ1) is 21.3. The zero-order valence-electron chi connectivity index (χ0n) is 18.8. The number of aromatic nitrogens is 3. The van der Waals surface area contributed by atoms with E-state index in [1.54, 1.807) is 6.20 Å². The lowest BCUT2D eigenvalue weighted by Gasteiger charge is -2.16. The summed E-state index contributed by atoms with van der Waals surface area (Å²) in [6, 6.07) is 12.5. The lowest BCUT2D eigenvalue weighted by atomic mass is 10.0. The third-order valence-electron chi connectivity index (χ3n) is 5.47. The quantitative estimate of drug-likeness (QED) is 0.433. The normalized spacial score (nSPS) is 11.4. The maximum Gasteiger partial charge on any atom is 0.103 e. The van der Waals surface area contributed by atoms with Crippen LogP contribution in [0.3, 0.4) is 0 Å². The Morgan fingerprint density at radius 1 is 1.06 bits per heavy atom. The lowest BCUT2D eigenvalue weighted by molar-refractivity contribution is 0.402. The van der Waals surface area contributed by atoms with E-state index in [0.29, 0.717) is 5.56 Å². The molecule has 0 radical (unpaired) electrons. The van der Waals surface area contributed by atoms with Crippen molar-refractivity contribution in [2.24, 2.45) is 0 Å². The highest BCUT2D eigenvalue weighted by Gasteiger charge is 2.13. The number of aryl methyl sites for hydroxylation is 2. The summed E-state index contributed by atoms with van der Waals surface area (Å²) >= 11 is 0. The Labute approximate surface area is 188 Å². The summed E-state index contributed by atoms with van der Waals surface area (Å²) < 4.78 is 0. The summed E-state index contributed by atoms with van der Waals surface area (Å²) in [4.78, 5) is 14.3. The van der Waals surface area contributed by atoms with Gasteiger partial charge in [-0.25, -0.2) is 0 Å². The lowest BCUT2D eigenvalue weighted by Crippen LogP contribution is -2.10. The molecule has 32 heavy (non-hydrogen) atoms. The van der Waals surface area contributed by atoms with Gasteiger partial charge in [0.05, 0.1) is 16.9 Å². The molecule has 4 rings (SSSR count). The molecule has 0 bridgehead atoms. The summed E-state index contributed by atoms with van der Waals surface area (Å²) in [5.41, 5.74) is 8.14. The second kappa shape index (κ2) is 9.04. The van der Waals surface area contributed by atoms with Crippen LogP contribution in [0.25, 0.3) is 23.1 Å².